The Bertz CT molecular complexity index is 950. The quantitative estimate of drug-likeness (QED) is 0.190. The highest BCUT2D eigenvalue weighted by molar-refractivity contribution is 6.83. The van der Waals surface area contributed by atoms with Gasteiger partial charge in [-0.2, -0.15) is 0 Å². The van der Waals surface area contributed by atoms with Gasteiger partial charge in [-0.15, -0.1) is 17.1 Å². The lowest BCUT2D eigenvalue weighted by atomic mass is 9.83. The van der Waals surface area contributed by atoms with E-state index in [9.17, 15) is 0 Å². The minimum Gasteiger partial charge on any atom is -0.127 e. The number of benzene rings is 3. The van der Waals surface area contributed by atoms with Crippen LogP contribution >= 0.6 is 11.6 Å². The van der Waals surface area contributed by atoms with Gasteiger partial charge in [0.1, 0.15) is 12.9 Å². The van der Waals surface area contributed by atoms with Gasteiger partial charge in [0.2, 0.25) is 0 Å². The van der Waals surface area contributed by atoms with Gasteiger partial charge in [-0.05, 0) is 42.7 Å². The molecule has 0 nitrogen and oxygen atoms in total. The first-order chi connectivity index (χ1) is 13.2. The van der Waals surface area contributed by atoms with Crippen LogP contribution in [0.15, 0.2) is 72.8 Å². The summed E-state index contributed by atoms with van der Waals surface area (Å²) in [5, 5.41) is 0. The van der Waals surface area contributed by atoms with E-state index in [-0.39, 0.29) is 0 Å². The molecule has 0 unspecified atom stereocenters. The van der Waals surface area contributed by atoms with Gasteiger partial charge in [-0.1, -0.05) is 97.4 Å². The summed E-state index contributed by atoms with van der Waals surface area (Å²) in [5.41, 5.74) is 10.1. The van der Waals surface area contributed by atoms with Gasteiger partial charge in [0.25, 0.3) is 0 Å². The second kappa shape index (κ2) is 8.00. The third kappa shape index (κ3) is 4.58. The van der Waals surface area contributed by atoms with Gasteiger partial charge < -0.3 is 0 Å². The number of rotatable bonds is 3. The lowest BCUT2D eigenvalue weighted by molar-refractivity contribution is 0.877. The summed E-state index contributed by atoms with van der Waals surface area (Å²) >= 11 is 7.39. The molecule has 0 aromatic heterocycles. The monoisotopic (exact) mass is 402 g/mol. The van der Waals surface area contributed by atoms with E-state index in [0.717, 1.165) is 22.3 Å². The van der Waals surface area contributed by atoms with Crippen molar-refractivity contribution in [2.75, 3.05) is 0 Å². The molecule has 0 radical (unpaired) electrons. The Morgan fingerprint density at radius 3 is 1.36 bits per heavy atom. The normalized spacial score (nSPS) is 11.6. The van der Waals surface area contributed by atoms with Crippen LogP contribution in [0, 0.1) is 25.3 Å². The fourth-order valence-electron chi connectivity index (χ4n) is 3.11. The molecule has 142 valence electrons. The Morgan fingerprint density at radius 1 is 0.643 bits per heavy atom. The van der Waals surface area contributed by atoms with E-state index in [4.69, 9.17) is 11.6 Å². The van der Waals surface area contributed by atoms with E-state index in [2.05, 4.69) is 118 Å². The van der Waals surface area contributed by atoms with E-state index in [1.807, 2.05) is 0 Å². The number of alkyl halides is 1. The molecule has 0 heterocycles. The SMILES string of the molecule is Cc1ccc(C(Cl)(c2ccc(C)cc2)c2ccc(C#C[Si](C)(C)C)cc2)cc1. The maximum Gasteiger partial charge on any atom is 0.129 e. The molecular weight excluding hydrogens is 376 g/mol. The van der Waals surface area contributed by atoms with Crippen LogP contribution < -0.4 is 0 Å². The van der Waals surface area contributed by atoms with Crippen LogP contribution in [-0.2, 0) is 4.87 Å². The van der Waals surface area contributed by atoms with Crippen molar-refractivity contribution >= 4 is 19.7 Å². The van der Waals surface area contributed by atoms with E-state index < -0.39 is 12.9 Å². The Hall–Kier alpha value is -2.27. The zero-order valence-electron chi connectivity index (χ0n) is 17.3. The molecule has 0 fully saturated rings. The van der Waals surface area contributed by atoms with Crippen molar-refractivity contribution in [3.05, 3.63) is 106 Å². The molecule has 28 heavy (non-hydrogen) atoms. The summed E-state index contributed by atoms with van der Waals surface area (Å²) in [4.78, 5) is -0.730. The van der Waals surface area contributed by atoms with Crippen LogP contribution in [0.1, 0.15) is 33.4 Å². The number of aryl methyl sites for hydroxylation is 2. The van der Waals surface area contributed by atoms with E-state index >= 15 is 0 Å². The molecule has 0 aliphatic heterocycles. The van der Waals surface area contributed by atoms with Crippen molar-refractivity contribution in [2.24, 2.45) is 0 Å². The van der Waals surface area contributed by atoms with Crippen LogP contribution in [0.2, 0.25) is 19.6 Å². The van der Waals surface area contributed by atoms with Gasteiger partial charge in [-0.25, -0.2) is 0 Å². The van der Waals surface area contributed by atoms with Gasteiger partial charge in [-0.3, -0.25) is 0 Å². The molecular formula is C26H27ClSi. The molecule has 0 aliphatic rings. The smallest absolute Gasteiger partial charge is 0.127 e. The maximum atomic E-state index is 7.39. The molecule has 3 rings (SSSR count). The molecule has 0 atom stereocenters. The maximum absolute atomic E-state index is 7.39. The number of halogens is 1. The first kappa shape index (κ1) is 20.5. The molecule has 0 spiro atoms. The van der Waals surface area contributed by atoms with Crippen LogP contribution in [0.3, 0.4) is 0 Å². The average molecular weight is 403 g/mol. The van der Waals surface area contributed by atoms with Crippen LogP contribution in [0.4, 0.5) is 0 Å². The summed E-state index contributed by atoms with van der Waals surface area (Å²) in [7, 11) is -1.39. The van der Waals surface area contributed by atoms with Gasteiger partial charge in [0, 0.05) is 5.56 Å². The lowest BCUT2D eigenvalue weighted by Crippen LogP contribution is -2.22. The van der Waals surface area contributed by atoms with Crippen molar-refractivity contribution in [2.45, 2.75) is 38.4 Å². The molecule has 0 aliphatic carbocycles. The van der Waals surface area contributed by atoms with Gasteiger partial charge in [0.05, 0.1) is 0 Å². The highest BCUT2D eigenvalue weighted by Crippen LogP contribution is 2.43. The van der Waals surface area contributed by atoms with Crippen molar-refractivity contribution in [3.63, 3.8) is 0 Å². The highest BCUT2D eigenvalue weighted by Gasteiger charge is 2.34. The first-order valence-corrected chi connectivity index (χ1v) is 13.5. The predicted molar refractivity (Wildman–Crippen MR) is 125 cm³/mol. The third-order valence-electron chi connectivity index (χ3n) is 4.76. The van der Waals surface area contributed by atoms with Gasteiger partial charge in [0.15, 0.2) is 0 Å². The summed E-state index contributed by atoms with van der Waals surface area (Å²) < 4.78 is 0. The number of hydrogen-bond donors (Lipinski definition) is 0. The van der Waals surface area contributed by atoms with Crippen molar-refractivity contribution < 1.29 is 0 Å². The Labute approximate surface area is 175 Å². The van der Waals surface area contributed by atoms with Gasteiger partial charge >= 0.3 is 0 Å². The lowest BCUT2D eigenvalue weighted by Gasteiger charge is -2.29. The second-order valence-corrected chi connectivity index (χ2v) is 13.8. The van der Waals surface area contributed by atoms with Crippen LogP contribution in [0.25, 0.3) is 0 Å². The third-order valence-corrected chi connectivity index (χ3v) is 6.29. The zero-order chi connectivity index (χ0) is 20.4. The molecule has 0 bridgehead atoms. The summed E-state index contributed by atoms with van der Waals surface area (Å²) in [6.45, 7) is 11.0. The molecule has 3 aromatic rings. The van der Waals surface area contributed by atoms with Crippen molar-refractivity contribution in [3.8, 4) is 11.5 Å². The van der Waals surface area contributed by atoms with Crippen LogP contribution in [-0.4, -0.2) is 8.07 Å². The van der Waals surface area contributed by atoms with E-state index in [1.54, 1.807) is 0 Å². The highest BCUT2D eigenvalue weighted by atomic mass is 35.5. The molecule has 0 saturated heterocycles. The fourth-order valence-corrected chi connectivity index (χ4v) is 4.01. The first-order valence-electron chi connectivity index (χ1n) is 9.65. The van der Waals surface area contributed by atoms with E-state index in [1.165, 1.54) is 11.1 Å². The minimum absolute atomic E-state index is 0.730. The second-order valence-electron chi connectivity index (χ2n) is 8.47. The Kier molecular flexibility index (Phi) is 5.84. The topological polar surface area (TPSA) is 0 Å². The van der Waals surface area contributed by atoms with Crippen molar-refractivity contribution in [1.29, 1.82) is 0 Å². The Morgan fingerprint density at radius 2 is 1.00 bits per heavy atom. The summed E-state index contributed by atoms with van der Waals surface area (Å²) in [5.74, 6) is 3.33. The molecule has 2 heteroatoms. The van der Waals surface area contributed by atoms with Crippen molar-refractivity contribution in [1.82, 2.24) is 0 Å². The number of hydrogen-bond acceptors (Lipinski definition) is 0. The standard InChI is InChI=1S/C26H27ClSi/c1-20-6-12-23(13-7-20)26(27,24-14-8-21(2)9-15-24)25-16-10-22(11-17-25)18-19-28(3,4)5/h6-17H,1-5H3. The zero-order valence-corrected chi connectivity index (χ0v) is 19.1. The largest absolute Gasteiger partial charge is 0.129 e. The van der Waals surface area contributed by atoms with Crippen LogP contribution in [0.5, 0.6) is 0 Å². The summed E-state index contributed by atoms with van der Waals surface area (Å²) in [6.07, 6.45) is 0. The molecule has 0 amide bonds. The average Bonchev–Trinajstić information content (AvgIpc) is 2.67. The minimum atomic E-state index is -1.39. The van der Waals surface area contributed by atoms with E-state index in [0.29, 0.717) is 0 Å². The Balaban J connectivity index is 2.10. The predicted octanol–water partition coefficient (Wildman–Crippen LogP) is 7.06. The molecule has 0 N–H and O–H groups in total. The molecule has 0 saturated carbocycles. The summed E-state index contributed by atoms with van der Waals surface area (Å²) in [6, 6.07) is 25.4. The molecule has 3 aromatic carbocycles. The fraction of sp³-hybridized carbons (Fsp3) is 0.231.